The van der Waals surface area contributed by atoms with Crippen LogP contribution in [0.5, 0.6) is 5.75 Å². The van der Waals surface area contributed by atoms with Gasteiger partial charge in [0.15, 0.2) is 0 Å². The molecule has 8 nitrogen and oxygen atoms in total. The molecule has 0 saturated heterocycles. The van der Waals surface area contributed by atoms with Crippen LogP contribution in [0.2, 0.25) is 0 Å². The predicted octanol–water partition coefficient (Wildman–Crippen LogP) is 6.27. The van der Waals surface area contributed by atoms with Crippen molar-refractivity contribution in [1.29, 1.82) is 0 Å². The molecule has 3 aromatic carbocycles. The number of nitrogens with zero attached hydrogens (tertiary/aromatic N) is 2. The fourth-order valence-electron chi connectivity index (χ4n) is 6.88. The molecular weight excluding hydrogens is 617 g/mol. The smallest absolute Gasteiger partial charge is 0.245 e. The summed E-state index contributed by atoms with van der Waals surface area (Å²) in [6.45, 7) is 4.36. The maximum absolute atomic E-state index is 13.9. The fourth-order valence-corrected chi connectivity index (χ4v) is 8.70. The molecule has 3 aromatic rings. The average molecular weight is 668 g/mol. The minimum absolute atomic E-state index is 0.0822. The first-order chi connectivity index (χ1) is 22.5. The summed E-state index contributed by atoms with van der Waals surface area (Å²) >= 11 is 0. The Labute approximate surface area is 280 Å². The number of rotatable bonds is 16. The molecule has 0 bridgehead atoms. The van der Waals surface area contributed by atoms with E-state index in [4.69, 9.17) is 9.47 Å². The van der Waals surface area contributed by atoms with Crippen LogP contribution in [0.4, 0.5) is 4.39 Å². The zero-order chi connectivity index (χ0) is 34.0. The van der Waals surface area contributed by atoms with E-state index in [-0.39, 0.29) is 49.0 Å². The SMILES string of the molecule is COc1cc(C)c(S(=O)(=O)N(CCOCC(=O)NCCC2CCC(C(c3ccc(F)cc3)N(C)C)CC2)Cc2ccccc2)c(C)c1. The van der Waals surface area contributed by atoms with Gasteiger partial charge in [-0.15, -0.1) is 0 Å². The van der Waals surface area contributed by atoms with Gasteiger partial charge in [-0.05, 0) is 106 Å². The summed E-state index contributed by atoms with van der Waals surface area (Å²) in [6.07, 6.45) is 5.30. The van der Waals surface area contributed by atoms with Crippen molar-refractivity contribution >= 4 is 15.9 Å². The first-order valence-electron chi connectivity index (χ1n) is 16.4. The molecular formula is C37H50FN3O5S. The summed E-state index contributed by atoms with van der Waals surface area (Å²) in [7, 11) is 1.86. The largest absolute Gasteiger partial charge is 0.497 e. The maximum Gasteiger partial charge on any atom is 0.245 e. The lowest BCUT2D eigenvalue weighted by Gasteiger charge is -2.37. The van der Waals surface area contributed by atoms with Crippen LogP contribution >= 0.6 is 0 Å². The molecule has 1 fully saturated rings. The number of carbonyl (C=O) groups is 1. The number of halogens is 1. The number of carbonyl (C=O) groups excluding carboxylic acids is 1. The van der Waals surface area contributed by atoms with E-state index in [0.29, 0.717) is 35.3 Å². The standard InChI is InChI=1S/C37H50FN3O5S/c1-27-23-34(45-5)24-28(2)37(27)47(43,44)41(25-30-9-7-6-8-10-30)21-22-46-26-35(42)39-20-19-29-11-13-31(14-12-29)36(40(3)4)32-15-17-33(38)18-16-32/h6-10,15-18,23-24,29,31,36H,11-14,19-22,25-26H2,1-5H3,(H,39,42). The molecule has 256 valence electrons. The lowest BCUT2D eigenvalue weighted by Crippen LogP contribution is -2.36. The number of nitrogens with one attached hydrogen (secondary N) is 1. The van der Waals surface area contributed by atoms with Gasteiger partial charge < -0.3 is 19.7 Å². The summed E-state index contributed by atoms with van der Waals surface area (Å²) in [4.78, 5) is 15.1. The van der Waals surface area contributed by atoms with Crippen molar-refractivity contribution in [3.05, 3.63) is 94.8 Å². The second kappa shape index (κ2) is 17.2. The molecule has 0 radical (unpaired) electrons. The molecule has 0 spiro atoms. The summed E-state index contributed by atoms with van der Waals surface area (Å²) < 4.78 is 53.7. The van der Waals surface area contributed by atoms with Crippen LogP contribution in [0.15, 0.2) is 71.6 Å². The van der Waals surface area contributed by atoms with E-state index in [9.17, 15) is 17.6 Å². The third kappa shape index (κ3) is 10.1. The average Bonchev–Trinajstić information content (AvgIpc) is 3.04. The lowest BCUT2D eigenvalue weighted by molar-refractivity contribution is -0.125. The number of aryl methyl sites for hydroxylation is 2. The molecule has 1 N–H and O–H groups in total. The highest BCUT2D eigenvalue weighted by Gasteiger charge is 2.31. The molecule has 1 aliphatic carbocycles. The highest BCUT2D eigenvalue weighted by atomic mass is 32.2. The van der Waals surface area contributed by atoms with E-state index in [0.717, 1.165) is 43.2 Å². The van der Waals surface area contributed by atoms with Gasteiger partial charge in [-0.1, -0.05) is 55.3 Å². The summed E-state index contributed by atoms with van der Waals surface area (Å²) in [5, 5.41) is 2.97. The van der Waals surface area contributed by atoms with Gasteiger partial charge in [0.05, 0.1) is 18.6 Å². The van der Waals surface area contributed by atoms with Crippen molar-refractivity contribution in [1.82, 2.24) is 14.5 Å². The first-order valence-corrected chi connectivity index (χ1v) is 17.9. The maximum atomic E-state index is 13.9. The van der Waals surface area contributed by atoms with Gasteiger partial charge in [0.1, 0.15) is 18.2 Å². The molecule has 4 rings (SSSR count). The first kappa shape index (κ1) is 36.5. The van der Waals surface area contributed by atoms with Gasteiger partial charge in [-0.2, -0.15) is 4.31 Å². The van der Waals surface area contributed by atoms with Crippen LogP contribution in [0.1, 0.15) is 60.4 Å². The zero-order valence-corrected chi connectivity index (χ0v) is 29.2. The Kier molecular flexibility index (Phi) is 13.4. The third-order valence-corrected chi connectivity index (χ3v) is 11.3. The minimum Gasteiger partial charge on any atom is -0.497 e. The van der Waals surface area contributed by atoms with E-state index in [1.807, 2.05) is 42.5 Å². The quantitative estimate of drug-likeness (QED) is 0.181. The number of methoxy groups -OCH3 is 1. The van der Waals surface area contributed by atoms with Crippen molar-refractivity contribution in [3.8, 4) is 5.75 Å². The van der Waals surface area contributed by atoms with Crippen molar-refractivity contribution in [2.75, 3.05) is 47.5 Å². The Hall–Kier alpha value is -3.31. The van der Waals surface area contributed by atoms with Crippen LogP contribution in [-0.4, -0.2) is 71.0 Å². The zero-order valence-electron chi connectivity index (χ0n) is 28.4. The van der Waals surface area contributed by atoms with Gasteiger partial charge in [0.2, 0.25) is 15.9 Å². The fraction of sp³-hybridized carbons (Fsp3) is 0.486. The molecule has 0 heterocycles. The number of ether oxygens (including phenoxy) is 2. The van der Waals surface area contributed by atoms with E-state index < -0.39 is 10.0 Å². The number of benzene rings is 3. The number of hydrogen-bond acceptors (Lipinski definition) is 6. The highest BCUT2D eigenvalue weighted by Crippen LogP contribution is 2.40. The van der Waals surface area contributed by atoms with Crippen LogP contribution in [-0.2, 0) is 26.1 Å². The number of hydrogen-bond donors (Lipinski definition) is 1. The van der Waals surface area contributed by atoms with Gasteiger partial charge in [-0.25, -0.2) is 12.8 Å². The Morgan fingerprint density at radius 3 is 2.21 bits per heavy atom. The molecule has 1 unspecified atom stereocenters. The van der Waals surface area contributed by atoms with Crippen LogP contribution in [0.3, 0.4) is 0 Å². The Morgan fingerprint density at radius 1 is 0.979 bits per heavy atom. The van der Waals surface area contributed by atoms with Gasteiger partial charge in [-0.3, -0.25) is 4.79 Å². The van der Waals surface area contributed by atoms with E-state index >= 15 is 0 Å². The lowest BCUT2D eigenvalue weighted by atomic mass is 9.75. The van der Waals surface area contributed by atoms with Crippen LogP contribution in [0.25, 0.3) is 0 Å². The number of amides is 1. The highest BCUT2D eigenvalue weighted by molar-refractivity contribution is 7.89. The van der Waals surface area contributed by atoms with Crippen LogP contribution in [0, 0.1) is 31.5 Å². The molecule has 0 aromatic heterocycles. The topological polar surface area (TPSA) is 88.2 Å². The molecule has 1 amide bonds. The number of sulfonamides is 1. The van der Waals surface area contributed by atoms with E-state index in [1.165, 1.54) is 16.4 Å². The van der Waals surface area contributed by atoms with E-state index in [1.54, 1.807) is 33.1 Å². The molecule has 10 heteroatoms. The molecule has 1 aliphatic rings. The second-order valence-electron chi connectivity index (χ2n) is 12.8. The van der Waals surface area contributed by atoms with Crippen molar-refractivity contribution in [2.45, 2.75) is 63.4 Å². The van der Waals surface area contributed by atoms with Gasteiger partial charge in [0.25, 0.3) is 0 Å². The minimum atomic E-state index is -3.87. The summed E-state index contributed by atoms with van der Waals surface area (Å²) in [5.74, 6) is 1.25. The van der Waals surface area contributed by atoms with Gasteiger partial charge in [0, 0.05) is 25.7 Å². The third-order valence-electron chi connectivity index (χ3n) is 9.17. The monoisotopic (exact) mass is 667 g/mol. The molecule has 1 saturated carbocycles. The Bertz CT molecular complexity index is 1520. The molecule has 1 atom stereocenters. The molecule has 0 aliphatic heterocycles. The molecule has 47 heavy (non-hydrogen) atoms. The predicted molar refractivity (Wildman–Crippen MR) is 183 cm³/mol. The van der Waals surface area contributed by atoms with Gasteiger partial charge >= 0.3 is 0 Å². The summed E-state index contributed by atoms with van der Waals surface area (Å²) in [5.41, 5.74) is 3.23. The van der Waals surface area contributed by atoms with Crippen LogP contribution < -0.4 is 10.1 Å². The van der Waals surface area contributed by atoms with E-state index in [2.05, 4.69) is 24.3 Å². The normalized spacial score (nSPS) is 17.5. The Balaban J connectivity index is 1.24. The van der Waals surface area contributed by atoms with Crippen molar-refractivity contribution < 1.29 is 27.1 Å². The Morgan fingerprint density at radius 2 is 1.62 bits per heavy atom. The summed E-state index contributed by atoms with van der Waals surface area (Å²) in [6, 6.07) is 20.0. The second-order valence-corrected chi connectivity index (χ2v) is 14.7. The van der Waals surface area contributed by atoms with Crippen molar-refractivity contribution in [2.24, 2.45) is 11.8 Å². The van der Waals surface area contributed by atoms with Crippen molar-refractivity contribution in [3.63, 3.8) is 0 Å².